The van der Waals surface area contributed by atoms with Gasteiger partial charge in [0.25, 0.3) is 0 Å². The molecule has 0 saturated carbocycles. The standard InChI is InChI=1S/H3N.2H2O.Rb/h1H3;2*1H2;. The molecule has 0 aromatic carbocycles. The molecule has 3 nitrogen and oxygen atoms in total. The molecule has 0 unspecified atom stereocenters. The second kappa shape index (κ2) is 22.4. The molecule has 0 amide bonds. The van der Waals surface area contributed by atoms with Gasteiger partial charge in [0, 0.05) is 58.2 Å². The molecule has 1 radical (unpaired) electrons. The van der Waals surface area contributed by atoms with E-state index in [-0.39, 0.29) is 75.3 Å². The second-order valence-electron chi connectivity index (χ2n) is 0. The molecular weight excluding hydrogens is 131 g/mol. The third-order valence-corrected chi connectivity index (χ3v) is 0. The molecule has 0 aromatic rings. The van der Waals surface area contributed by atoms with Crippen LogP contribution in [-0.2, 0) is 0 Å². The van der Waals surface area contributed by atoms with Crippen LogP contribution in [0.5, 0.6) is 0 Å². The van der Waals surface area contributed by atoms with E-state index in [4.69, 9.17) is 0 Å². The van der Waals surface area contributed by atoms with Crippen molar-refractivity contribution in [2.45, 2.75) is 0 Å². The molecule has 0 spiro atoms. The van der Waals surface area contributed by atoms with E-state index < -0.39 is 0 Å². The quantitative estimate of drug-likeness (QED) is 0.417. The zero-order chi connectivity index (χ0) is 0. The first-order chi connectivity index (χ1) is 0. The van der Waals surface area contributed by atoms with Crippen molar-refractivity contribution in [3.8, 4) is 0 Å². The van der Waals surface area contributed by atoms with Crippen LogP contribution >= 0.6 is 0 Å². The molecule has 25 valence electrons. The molecule has 4 heteroatoms. The maximum atomic E-state index is 0. The van der Waals surface area contributed by atoms with Crippen LogP contribution in [0.15, 0.2) is 0 Å². The van der Waals surface area contributed by atoms with Gasteiger partial charge in [-0.15, -0.1) is 0 Å². The Labute approximate surface area is 73.8 Å². The van der Waals surface area contributed by atoms with Crippen molar-refractivity contribution in [2.24, 2.45) is 0 Å². The summed E-state index contributed by atoms with van der Waals surface area (Å²) in [6, 6.07) is 0. The van der Waals surface area contributed by atoms with E-state index in [2.05, 4.69) is 0 Å². The SMILES string of the molecule is N.O.O.[Rb]. The zero-order valence-electron chi connectivity index (χ0n) is 2.71. The Bertz CT molecular complexity index is 6.00. The molecule has 0 bridgehead atoms. The monoisotopic (exact) mass is 138 g/mol. The van der Waals surface area contributed by atoms with Gasteiger partial charge in [-0.05, 0) is 0 Å². The predicted molar refractivity (Wildman–Crippen MR) is 18.0 cm³/mol. The van der Waals surface area contributed by atoms with Gasteiger partial charge < -0.3 is 17.1 Å². The molecule has 0 aromatic heterocycles. The van der Waals surface area contributed by atoms with Gasteiger partial charge in [-0.3, -0.25) is 0 Å². The molecule has 7 N–H and O–H groups in total. The first kappa shape index (κ1) is 43.9. The Morgan fingerprint density at radius 3 is 0.750 bits per heavy atom. The van der Waals surface area contributed by atoms with Crippen molar-refractivity contribution in [2.75, 3.05) is 0 Å². The Balaban J connectivity index is 0. The van der Waals surface area contributed by atoms with Crippen LogP contribution in [0, 0.1) is 0 Å². The average Bonchev–Trinajstić information content (AvgIpc) is 0. The minimum Gasteiger partial charge on any atom is -0.412 e. The van der Waals surface area contributed by atoms with E-state index in [9.17, 15) is 0 Å². The van der Waals surface area contributed by atoms with E-state index in [0.29, 0.717) is 0 Å². The topological polar surface area (TPSA) is 98.0 Å². The Kier molecular flexibility index (Phi) is 246. The molecule has 0 aliphatic carbocycles. The van der Waals surface area contributed by atoms with Crippen molar-refractivity contribution in [3.05, 3.63) is 0 Å². The molecule has 4 heavy (non-hydrogen) atoms. The van der Waals surface area contributed by atoms with E-state index in [1.165, 1.54) is 0 Å². The third kappa shape index (κ3) is 9.36. The van der Waals surface area contributed by atoms with Gasteiger partial charge in [-0.1, -0.05) is 0 Å². The van der Waals surface area contributed by atoms with Gasteiger partial charge in [0.1, 0.15) is 0 Å². The zero-order valence-corrected chi connectivity index (χ0v) is 7.62. The first-order valence-corrected chi connectivity index (χ1v) is 0. The minimum absolute atomic E-state index is 0. The summed E-state index contributed by atoms with van der Waals surface area (Å²) < 4.78 is 0. The summed E-state index contributed by atoms with van der Waals surface area (Å²) in [4.78, 5) is 0. The molecule has 0 saturated heterocycles. The van der Waals surface area contributed by atoms with Crippen LogP contribution in [0.1, 0.15) is 0 Å². The van der Waals surface area contributed by atoms with Crippen LogP contribution in [0.25, 0.3) is 0 Å². The smallest absolute Gasteiger partial charge is 0 e. The van der Waals surface area contributed by atoms with Crippen molar-refractivity contribution in [1.82, 2.24) is 6.15 Å². The Morgan fingerprint density at radius 1 is 0.750 bits per heavy atom. The van der Waals surface area contributed by atoms with E-state index >= 15 is 0 Å². The van der Waals surface area contributed by atoms with Crippen molar-refractivity contribution < 1.29 is 11.0 Å². The van der Waals surface area contributed by atoms with Gasteiger partial charge in [0.15, 0.2) is 0 Å². The Morgan fingerprint density at radius 2 is 0.750 bits per heavy atom. The minimum atomic E-state index is 0. The summed E-state index contributed by atoms with van der Waals surface area (Å²) in [5, 5.41) is 0. The largest absolute Gasteiger partial charge is 0.412 e. The van der Waals surface area contributed by atoms with E-state index in [1.807, 2.05) is 0 Å². The fourth-order valence-electron chi connectivity index (χ4n) is 0. The maximum Gasteiger partial charge on any atom is 0 e. The van der Waals surface area contributed by atoms with Gasteiger partial charge in [-0.2, -0.15) is 0 Å². The molecule has 0 heterocycles. The molecule has 0 fully saturated rings. The van der Waals surface area contributed by atoms with E-state index in [0.717, 1.165) is 0 Å². The molecule has 0 rings (SSSR count). The fraction of sp³-hybridized carbons (Fsp3) is 0. The van der Waals surface area contributed by atoms with Crippen LogP contribution < -0.4 is 6.15 Å². The van der Waals surface area contributed by atoms with Gasteiger partial charge in [0.05, 0.1) is 0 Å². The van der Waals surface area contributed by atoms with E-state index in [1.54, 1.807) is 0 Å². The predicted octanol–water partition coefficient (Wildman–Crippen LogP) is -1.87. The first-order valence-electron chi connectivity index (χ1n) is 0. The van der Waals surface area contributed by atoms with Gasteiger partial charge in [-0.25, -0.2) is 0 Å². The Hall–Kier alpha value is 1.69. The molecular formula is H7NO2Rb. The fourth-order valence-corrected chi connectivity index (χ4v) is 0. The molecule has 0 aliphatic rings. The van der Waals surface area contributed by atoms with Crippen LogP contribution in [0.3, 0.4) is 0 Å². The molecule has 0 aliphatic heterocycles. The van der Waals surface area contributed by atoms with Crippen molar-refractivity contribution in [3.63, 3.8) is 0 Å². The average molecular weight is 139 g/mol. The summed E-state index contributed by atoms with van der Waals surface area (Å²) in [6.07, 6.45) is 0. The summed E-state index contributed by atoms with van der Waals surface area (Å²) in [7, 11) is 0. The number of hydrogen-bond donors (Lipinski definition) is 1. The number of rotatable bonds is 0. The molecule has 0 atom stereocenters. The third-order valence-electron chi connectivity index (χ3n) is 0. The summed E-state index contributed by atoms with van der Waals surface area (Å²) in [5.41, 5.74) is 0. The van der Waals surface area contributed by atoms with Crippen LogP contribution in [0.2, 0.25) is 0 Å². The number of hydrogen-bond acceptors (Lipinski definition) is 1. The van der Waals surface area contributed by atoms with Crippen molar-refractivity contribution >= 4 is 58.2 Å². The van der Waals surface area contributed by atoms with Gasteiger partial charge >= 0.3 is 0 Å². The normalized spacial score (nSPS) is 0. The summed E-state index contributed by atoms with van der Waals surface area (Å²) >= 11 is 0. The van der Waals surface area contributed by atoms with Gasteiger partial charge in [0.2, 0.25) is 0 Å². The second-order valence-corrected chi connectivity index (χ2v) is 0. The van der Waals surface area contributed by atoms with Crippen LogP contribution in [-0.4, -0.2) is 69.1 Å². The summed E-state index contributed by atoms with van der Waals surface area (Å²) in [6.45, 7) is 0. The maximum absolute atomic E-state index is 0. The summed E-state index contributed by atoms with van der Waals surface area (Å²) in [5.74, 6) is 0. The van der Waals surface area contributed by atoms with Crippen molar-refractivity contribution in [1.29, 1.82) is 0 Å². The van der Waals surface area contributed by atoms with Crippen LogP contribution in [0.4, 0.5) is 0 Å².